The number of amides is 1. The van der Waals surface area contributed by atoms with Gasteiger partial charge in [0.05, 0.1) is 12.5 Å². The van der Waals surface area contributed by atoms with Gasteiger partial charge < -0.3 is 15.2 Å². The Bertz CT molecular complexity index is 284. The summed E-state index contributed by atoms with van der Waals surface area (Å²) in [5, 5.41) is 11.5. The number of rotatable bonds is 6. The van der Waals surface area contributed by atoms with Gasteiger partial charge in [0, 0.05) is 6.61 Å². The molecule has 0 aromatic heterocycles. The highest BCUT2D eigenvalue weighted by Crippen LogP contribution is 2.14. The van der Waals surface area contributed by atoms with E-state index in [4.69, 9.17) is 9.84 Å². The molecule has 96 valence electrons. The first-order chi connectivity index (χ1) is 8.15. The molecule has 2 N–H and O–H groups in total. The molecule has 1 amide bonds. The molecule has 0 aromatic carbocycles. The molecule has 5 nitrogen and oxygen atoms in total. The summed E-state index contributed by atoms with van der Waals surface area (Å²) in [4.78, 5) is 22.7. The van der Waals surface area contributed by atoms with E-state index in [9.17, 15) is 9.59 Å². The number of aliphatic carboxylic acids is 1. The van der Waals surface area contributed by atoms with Crippen LogP contribution in [-0.4, -0.2) is 36.2 Å². The summed E-state index contributed by atoms with van der Waals surface area (Å²) in [7, 11) is 0. The second kappa shape index (κ2) is 7.06. The predicted octanol–water partition coefficient (Wildman–Crippen LogP) is 0.949. The molecule has 0 radical (unpaired) electrons. The molecule has 1 saturated heterocycles. The van der Waals surface area contributed by atoms with Gasteiger partial charge in [-0.05, 0) is 25.7 Å². The zero-order valence-corrected chi connectivity index (χ0v) is 9.85. The van der Waals surface area contributed by atoms with Gasteiger partial charge in [-0.3, -0.25) is 4.79 Å². The number of carbonyl (C=O) groups is 2. The highest BCUT2D eigenvalue weighted by Gasteiger charge is 2.26. The summed E-state index contributed by atoms with van der Waals surface area (Å²) in [6, 6.07) is -0.831. The minimum Gasteiger partial charge on any atom is -0.480 e. The molecular formula is C12H19NO4. The summed E-state index contributed by atoms with van der Waals surface area (Å²) in [5.74, 6) is -1.44. The summed E-state index contributed by atoms with van der Waals surface area (Å²) >= 11 is 0. The first-order valence-electron chi connectivity index (χ1n) is 5.87. The van der Waals surface area contributed by atoms with Crippen molar-refractivity contribution in [3.63, 3.8) is 0 Å². The van der Waals surface area contributed by atoms with Gasteiger partial charge in [0.1, 0.15) is 6.04 Å². The van der Waals surface area contributed by atoms with E-state index in [0.717, 1.165) is 12.8 Å². The normalized spacial score (nSPS) is 21.5. The van der Waals surface area contributed by atoms with Crippen LogP contribution in [0.5, 0.6) is 0 Å². The maximum absolute atomic E-state index is 11.8. The Morgan fingerprint density at radius 1 is 1.59 bits per heavy atom. The Kier molecular flexibility index (Phi) is 5.69. The van der Waals surface area contributed by atoms with Crippen LogP contribution in [0.25, 0.3) is 0 Å². The average Bonchev–Trinajstić information content (AvgIpc) is 2.35. The van der Waals surface area contributed by atoms with Gasteiger partial charge in [-0.15, -0.1) is 6.58 Å². The zero-order valence-electron chi connectivity index (χ0n) is 9.85. The molecule has 1 rings (SSSR count). The molecular weight excluding hydrogens is 222 g/mol. The third kappa shape index (κ3) is 4.56. The van der Waals surface area contributed by atoms with E-state index in [-0.39, 0.29) is 11.8 Å². The number of carboxylic acids is 1. The molecule has 5 heteroatoms. The van der Waals surface area contributed by atoms with Crippen LogP contribution >= 0.6 is 0 Å². The lowest BCUT2D eigenvalue weighted by Crippen LogP contribution is -2.45. The Morgan fingerprint density at radius 2 is 2.35 bits per heavy atom. The number of allylic oxidation sites excluding steroid dienone is 1. The van der Waals surface area contributed by atoms with E-state index in [1.54, 1.807) is 6.08 Å². The van der Waals surface area contributed by atoms with Gasteiger partial charge in [0.2, 0.25) is 5.91 Å². The maximum Gasteiger partial charge on any atom is 0.326 e. The van der Waals surface area contributed by atoms with Gasteiger partial charge in [-0.2, -0.15) is 0 Å². The largest absolute Gasteiger partial charge is 0.480 e. The van der Waals surface area contributed by atoms with E-state index in [1.165, 1.54) is 0 Å². The quantitative estimate of drug-likeness (QED) is 0.679. The number of carboxylic acid groups (broad SMARTS) is 1. The van der Waals surface area contributed by atoms with E-state index >= 15 is 0 Å². The standard InChI is InChI=1S/C12H19NO4/c1-2-3-6-10(12(15)16)13-11(14)9-5-4-7-17-8-9/h2,9-10H,1,3-8H2,(H,13,14)(H,15,16). The molecule has 0 spiro atoms. The third-order valence-electron chi connectivity index (χ3n) is 2.81. The van der Waals surface area contributed by atoms with Crippen LogP contribution in [0.15, 0.2) is 12.7 Å². The van der Waals surface area contributed by atoms with Crippen LogP contribution in [0.3, 0.4) is 0 Å². The molecule has 0 aliphatic carbocycles. The van der Waals surface area contributed by atoms with Crippen molar-refractivity contribution < 1.29 is 19.4 Å². The molecule has 0 bridgehead atoms. The molecule has 2 atom stereocenters. The highest BCUT2D eigenvalue weighted by molar-refractivity contribution is 5.85. The van der Waals surface area contributed by atoms with Gasteiger partial charge in [0.15, 0.2) is 0 Å². The molecule has 1 aliphatic heterocycles. The van der Waals surface area contributed by atoms with Crippen molar-refractivity contribution in [3.05, 3.63) is 12.7 Å². The molecule has 0 aromatic rings. The van der Waals surface area contributed by atoms with E-state index in [1.807, 2.05) is 0 Å². The number of nitrogens with one attached hydrogen (secondary N) is 1. The van der Waals surface area contributed by atoms with Crippen molar-refractivity contribution in [1.29, 1.82) is 0 Å². The van der Waals surface area contributed by atoms with Crippen LogP contribution < -0.4 is 5.32 Å². The maximum atomic E-state index is 11.8. The molecule has 1 fully saturated rings. The number of ether oxygens (including phenoxy) is 1. The third-order valence-corrected chi connectivity index (χ3v) is 2.81. The topological polar surface area (TPSA) is 75.6 Å². The molecule has 17 heavy (non-hydrogen) atoms. The van der Waals surface area contributed by atoms with Gasteiger partial charge in [-0.1, -0.05) is 6.08 Å². The van der Waals surface area contributed by atoms with Crippen LogP contribution in [0.1, 0.15) is 25.7 Å². The summed E-state index contributed by atoms with van der Waals surface area (Å²) < 4.78 is 5.20. The Balaban J connectivity index is 2.44. The van der Waals surface area contributed by atoms with Crippen molar-refractivity contribution in [2.45, 2.75) is 31.7 Å². The molecule has 2 unspecified atom stereocenters. The highest BCUT2D eigenvalue weighted by atomic mass is 16.5. The molecule has 1 heterocycles. The van der Waals surface area contributed by atoms with Crippen LogP contribution in [0.4, 0.5) is 0 Å². The van der Waals surface area contributed by atoms with E-state index < -0.39 is 12.0 Å². The average molecular weight is 241 g/mol. The van der Waals surface area contributed by atoms with Gasteiger partial charge in [0.25, 0.3) is 0 Å². The lowest BCUT2D eigenvalue weighted by Gasteiger charge is -2.23. The fraction of sp³-hybridized carbons (Fsp3) is 0.667. The van der Waals surface area contributed by atoms with Crippen LogP contribution in [0, 0.1) is 5.92 Å². The van der Waals surface area contributed by atoms with Crippen LogP contribution in [-0.2, 0) is 14.3 Å². The van der Waals surface area contributed by atoms with Gasteiger partial charge in [-0.25, -0.2) is 4.79 Å². The zero-order chi connectivity index (χ0) is 12.7. The summed E-state index contributed by atoms with van der Waals surface area (Å²) in [5.41, 5.74) is 0. The lowest BCUT2D eigenvalue weighted by atomic mass is 10.0. The summed E-state index contributed by atoms with van der Waals surface area (Å²) in [6.45, 7) is 4.61. The Hall–Kier alpha value is -1.36. The number of hydrogen-bond donors (Lipinski definition) is 2. The molecule has 1 aliphatic rings. The van der Waals surface area contributed by atoms with E-state index in [0.29, 0.717) is 26.1 Å². The van der Waals surface area contributed by atoms with Crippen molar-refractivity contribution in [2.75, 3.05) is 13.2 Å². The van der Waals surface area contributed by atoms with Crippen molar-refractivity contribution in [1.82, 2.24) is 5.32 Å². The van der Waals surface area contributed by atoms with E-state index in [2.05, 4.69) is 11.9 Å². The summed E-state index contributed by atoms with van der Waals surface area (Å²) in [6.07, 6.45) is 4.20. The Labute approximate surface area is 101 Å². The second-order valence-corrected chi connectivity index (χ2v) is 4.18. The minimum absolute atomic E-state index is 0.214. The van der Waals surface area contributed by atoms with Crippen molar-refractivity contribution >= 4 is 11.9 Å². The Morgan fingerprint density at radius 3 is 2.88 bits per heavy atom. The first-order valence-corrected chi connectivity index (χ1v) is 5.87. The lowest BCUT2D eigenvalue weighted by molar-refractivity contribution is -0.143. The van der Waals surface area contributed by atoms with Gasteiger partial charge >= 0.3 is 5.97 Å². The van der Waals surface area contributed by atoms with Crippen molar-refractivity contribution in [2.24, 2.45) is 5.92 Å². The second-order valence-electron chi connectivity index (χ2n) is 4.18. The van der Waals surface area contributed by atoms with Crippen molar-refractivity contribution in [3.8, 4) is 0 Å². The first kappa shape index (κ1) is 13.7. The minimum atomic E-state index is -1.00. The fourth-order valence-corrected chi connectivity index (χ4v) is 1.78. The fourth-order valence-electron chi connectivity index (χ4n) is 1.78. The molecule has 0 saturated carbocycles. The van der Waals surface area contributed by atoms with Crippen LogP contribution in [0.2, 0.25) is 0 Å². The smallest absolute Gasteiger partial charge is 0.326 e. The number of hydrogen-bond acceptors (Lipinski definition) is 3. The predicted molar refractivity (Wildman–Crippen MR) is 62.5 cm³/mol. The number of carbonyl (C=O) groups excluding carboxylic acids is 1. The SMILES string of the molecule is C=CCCC(NC(=O)C1CCCOC1)C(=O)O. The monoisotopic (exact) mass is 241 g/mol.